The van der Waals surface area contributed by atoms with E-state index in [-0.39, 0.29) is 6.61 Å². The summed E-state index contributed by atoms with van der Waals surface area (Å²) in [6, 6.07) is -0.613. The van der Waals surface area contributed by atoms with Crippen LogP contribution in [0.5, 0.6) is 0 Å². The molecule has 1 atom stereocenters. The molecule has 0 unspecified atom stereocenters. The highest BCUT2D eigenvalue weighted by Crippen LogP contribution is 2.13. The Morgan fingerprint density at radius 3 is 2.87 bits per heavy atom. The van der Waals surface area contributed by atoms with E-state index in [1.807, 2.05) is 19.9 Å². The Hall–Kier alpha value is -1.52. The van der Waals surface area contributed by atoms with Gasteiger partial charge in [0.25, 0.3) is 0 Å². The summed E-state index contributed by atoms with van der Waals surface area (Å²) in [7, 11) is 1.30. The van der Waals surface area contributed by atoms with E-state index in [9.17, 15) is 9.59 Å². The average molecular weight is 213 g/mol. The number of rotatable bonds is 3. The number of carbonyl (C=O) groups excluding carboxylic acids is 2. The van der Waals surface area contributed by atoms with Gasteiger partial charge in [-0.15, -0.1) is 0 Å². The number of allylic oxidation sites excluding steroid dienone is 1. The second-order valence-corrected chi connectivity index (χ2v) is 3.55. The minimum Gasteiger partial charge on any atom is -0.467 e. The summed E-state index contributed by atoms with van der Waals surface area (Å²) in [5.41, 5.74) is 1.08. The molecule has 0 bridgehead atoms. The summed E-state index contributed by atoms with van der Waals surface area (Å²) < 4.78 is 9.38. The van der Waals surface area contributed by atoms with E-state index >= 15 is 0 Å². The van der Waals surface area contributed by atoms with Crippen LogP contribution in [0.25, 0.3) is 0 Å². The van der Waals surface area contributed by atoms with Crippen molar-refractivity contribution in [3.05, 3.63) is 11.6 Å². The molecule has 1 heterocycles. The lowest BCUT2D eigenvalue weighted by Gasteiger charge is -2.17. The highest BCUT2D eigenvalue weighted by atomic mass is 16.6. The zero-order valence-corrected chi connectivity index (χ0v) is 9.15. The molecule has 1 fully saturated rings. The van der Waals surface area contributed by atoms with Gasteiger partial charge in [-0.1, -0.05) is 11.6 Å². The number of ether oxygens (including phenoxy) is 2. The first-order chi connectivity index (χ1) is 7.06. The molecule has 0 aromatic heterocycles. The molecule has 0 saturated carbocycles. The van der Waals surface area contributed by atoms with Crippen LogP contribution < -0.4 is 0 Å². The zero-order chi connectivity index (χ0) is 11.4. The van der Waals surface area contributed by atoms with E-state index in [4.69, 9.17) is 4.74 Å². The van der Waals surface area contributed by atoms with Gasteiger partial charge in [-0.25, -0.2) is 9.59 Å². The third kappa shape index (κ3) is 2.71. The molecule has 1 aliphatic rings. The zero-order valence-electron chi connectivity index (χ0n) is 9.15. The minimum atomic E-state index is -0.613. The van der Waals surface area contributed by atoms with E-state index in [1.165, 1.54) is 12.0 Å². The molecule has 0 aromatic carbocycles. The highest BCUT2D eigenvalue weighted by Gasteiger charge is 2.38. The highest BCUT2D eigenvalue weighted by molar-refractivity contribution is 5.84. The Balaban J connectivity index is 2.69. The van der Waals surface area contributed by atoms with E-state index in [2.05, 4.69) is 4.74 Å². The minimum absolute atomic E-state index is 0.0715. The van der Waals surface area contributed by atoms with Crippen molar-refractivity contribution in [1.82, 2.24) is 4.90 Å². The van der Waals surface area contributed by atoms with Gasteiger partial charge in [-0.05, 0) is 13.8 Å². The van der Waals surface area contributed by atoms with Gasteiger partial charge in [-0.2, -0.15) is 0 Å². The number of esters is 1. The number of hydrogen-bond donors (Lipinski definition) is 0. The Morgan fingerprint density at radius 1 is 1.67 bits per heavy atom. The van der Waals surface area contributed by atoms with E-state index < -0.39 is 18.1 Å². The maximum absolute atomic E-state index is 11.3. The number of carbonyl (C=O) groups is 2. The lowest BCUT2D eigenvalue weighted by Crippen LogP contribution is -2.40. The summed E-state index contributed by atoms with van der Waals surface area (Å²) in [5.74, 6) is -0.442. The molecule has 0 radical (unpaired) electrons. The number of amides is 1. The second kappa shape index (κ2) is 4.82. The molecular formula is C10H15NO4. The van der Waals surface area contributed by atoms with Crippen molar-refractivity contribution in [3.8, 4) is 0 Å². The maximum atomic E-state index is 11.3. The maximum Gasteiger partial charge on any atom is 0.411 e. The van der Waals surface area contributed by atoms with Gasteiger partial charge >= 0.3 is 12.1 Å². The molecular weight excluding hydrogens is 198 g/mol. The summed E-state index contributed by atoms with van der Waals surface area (Å²) >= 11 is 0. The lowest BCUT2D eigenvalue weighted by atomic mass is 10.2. The van der Waals surface area contributed by atoms with Crippen molar-refractivity contribution in [2.45, 2.75) is 19.9 Å². The molecule has 0 aromatic rings. The van der Waals surface area contributed by atoms with Crippen LogP contribution in [0.3, 0.4) is 0 Å². The van der Waals surface area contributed by atoms with Gasteiger partial charge in [0.2, 0.25) is 0 Å². The number of hydrogen-bond acceptors (Lipinski definition) is 4. The summed E-state index contributed by atoms with van der Waals surface area (Å²) in [6.45, 7) is 4.30. The van der Waals surface area contributed by atoms with Crippen LogP contribution in [0.4, 0.5) is 4.79 Å². The van der Waals surface area contributed by atoms with Crippen LogP contribution in [-0.2, 0) is 14.3 Å². The van der Waals surface area contributed by atoms with E-state index in [0.717, 1.165) is 5.57 Å². The predicted octanol–water partition coefficient (Wildman–Crippen LogP) is 0.946. The largest absolute Gasteiger partial charge is 0.467 e. The Bertz CT molecular complexity index is 294. The van der Waals surface area contributed by atoms with Crippen LogP contribution in [0.1, 0.15) is 13.8 Å². The van der Waals surface area contributed by atoms with Crippen LogP contribution in [0, 0.1) is 0 Å². The molecule has 5 heteroatoms. The third-order valence-electron chi connectivity index (χ3n) is 2.14. The lowest BCUT2D eigenvalue weighted by molar-refractivity contribution is -0.145. The van der Waals surface area contributed by atoms with Crippen molar-refractivity contribution in [1.29, 1.82) is 0 Å². The normalized spacial score (nSPS) is 19.8. The fraction of sp³-hybridized carbons (Fsp3) is 0.600. The number of nitrogens with zero attached hydrogens (tertiary/aromatic N) is 1. The number of methoxy groups -OCH3 is 1. The molecule has 0 spiro atoms. The van der Waals surface area contributed by atoms with Crippen LogP contribution >= 0.6 is 0 Å². The summed E-state index contributed by atoms with van der Waals surface area (Å²) in [5, 5.41) is 0. The van der Waals surface area contributed by atoms with Gasteiger partial charge < -0.3 is 9.47 Å². The fourth-order valence-corrected chi connectivity index (χ4v) is 1.26. The SMILES string of the molecule is COC(=O)[C@@H]1COC(=O)N1CC=C(C)C. The Labute approximate surface area is 88.6 Å². The average Bonchev–Trinajstić information content (AvgIpc) is 2.55. The standard InChI is InChI=1S/C10H15NO4/c1-7(2)4-5-11-8(9(12)14-3)6-15-10(11)13/h4,8H,5-6H2,1-3H3/t8-/m0/s1. The van der Waals surface area contributed by atoms with E-state index in [1.54, 1.807) is 0 Å². The smallest absolute Gasteiger partial charge is 0.411 e. The molecule has 5 nitrogen and oxygen atoms in total. The van der Waals surface area contributed by atoms with Crippen LogP contribution in [-0.4, -0.2) is 43.3 Å². The van der Waals surface area contributed by atoms with Crippen LogP contribution in [0.15, 0.2) is 11.6 Å². The first-order valence-electron chi connectivity index (χ1n) is 4.71. The fourth-order valence-electron chi connectivity index (χ4n) is 1.26. The number of cyclic esters (lactones) is 1. The van der Waals surface area contributed by atoms with Crippen molar-refractivity contribution in [2.24, 2.45) is 0 Å². The molecule has 0 N–H and O–H groups in total. The van der Waals surface area contributed by atoms with Crippen molar-refractivity contribution >= 4 is 12.1 Å². The predicted molar refractivity (Wildman–Crippen MR) is 53.3 cm³/mol. The topological polar surface area (TPSA) is 55.8 Å². The third-order valence-corrected chi connectivity index (χ3v) is 2.14. The van der Waals surface area contributed by atoms with Crippen molar-refractivity contribution in [3.63, 3.8) is 0 Å². The van der Waals surface area contributed by atoms with Gasteiger partial charge in [0.05, 0.1) is 7.11 Å². The second-order valence-electron chi connectivity index (χ2n) is 3.55. The molecule has 15 heavy (non-hydrogen) atoms. The first-order valence-corrected chi connectivity index (χ1v) is 4.71. The first kappa shape index (κ1) is 11.6. The Morgan fingerprint density at radius 2 is 2.33 bits per heavy atom. The van der Waals surface area contributed by atoms with Gasteiger partial charge in [-0.3, -0.25) is 4.90 Å². The molecule has 1 amide bonds. The van der Waals surface area contributed by atoms with Gasteiger partial charge in [0.15, 0.2) is 6.04 Å². The van der Waals surface area contributed by atoms with Gasteiger partial charge in [0, 0.05) is 6.54 Å². The van der Waals surface area contributed by atoms with Gasteiger partial charge in [0.1, 0.15) is 6.61 Å². The molecule has 1 aliphatic heterocycles. The quantitative estimate of drug-likeness (QED) is 0.517. The summed E-state index contributed by atoms with van der Waals surface area (Å²) in [6.07, 6.45) is 1.39. The van der Waals surface area contributed by atoms with Crippen molar-refractivity contribution < 1.29 is 19.1 Å². The van der Waals surface area contributed by atoms with Crippen LogP contribution in [0.2, 0.25) is 0 Å². The summed E-state index contributed by atoms with van der Waals surface area (Å²) in [4.78, 5) is 23.9. The van der Waals surface area contributed by atoms with Crippen molar-refractivity contribution in [2.75, 3.05) is 20.3 Å². The molecule has 1 rings (SSSR count). The molecule has 1 saturated heterocycles. The molecule has 84 valence electrons. The van der Waals surface area contributed by atoms with E-state index in [0.29, 0.717) is 6.54 Å². The molecule has 0 aliphatic carbocycles. The Kier molecular flexibility index (Phi) is 3.71. The monoisotopic (exact) mass is 213 g/mol.